The van der Waals surface area contributed by atoms with E-state index in [1.54, 1.807) is 0 Å². The van der Waals surface area contributed by atoms with Crippen LogP contribution in [0.4, 0.5) is 19.0 Å². The number of hydrogen-bond acceptors (Lipinski definition) is 4. The fourth-order valence-corrected chi connectivity index (χ4v) is 1.59. The van der Waals surface area contributed by atoms with Crippen molar-refractivity contribution >= 4 is 28.6 Å². The molecule has 0 aliphatic rings. The highest BCUT2D eigenvalue weighted by atomic mass is 35.5. The van der Waals surface area contributed by atoms with Gasteiger partial charge in [-0.3, -0.25) is 0 Å². The molecule has 98 valence electrons. The van der Waals surface area contributed by atoms with Crippen molar-refractivity contribution in [2.45, 2.75) is 19.0 Å². The van der Waals surface area contributed by atoms with Gasteiger partial charge in [0.25, 0.3) is 0 Å². The van der Waals surface area contributed by atoms with Gasteiger partial charge in [0.1, 0.15) is 5.52 Å². The Bertz CT molecular complexity index is 538. The summed E-state index contributed by atoms with van der Waals surface area (Å²) in [5.41, 5.74) is 0.889. The molecule has 0 saturated heterocycles. The average Bonchev–Trinajstić information content (AvgIpc) is 2.70. The molecule has 0 aliphatic carbocycles. The second kappa shape index (κ2) is 4.97. The first kappa shape index (κ1) is 12.9. The number of nitrogens with zero attached hydrogens (tertiary/aromatic N) is 3. The van der Waals surface area contributed by atoms with Gasteiger partial charge in [0.05, 0.1) is 6.33 Å². The standard InChI is InChI=1S/C9H9ClF3N5/c10-8-17-6(5-7(18-8)16-4-15-5)14-3-1-2-9(11,12)13/h4H,1-3H2,(H2,14,15,16,17,18). The number of imidazole rings is 1. The molecule has 0 saturated carbocycles. The summed E-state index contributed by atoms with van der Waals surface area (Å²) in [4.78, 5) is 14.4. The van der Waals surface area contributed by atoms with E-state index in [1.165, 1.54) is 6.33 Å². The zero-order valence-electron chi connectivity index (χ0n) is 9.05. The van der Waals surface area contributed by atoms with Crippen LogP contribution in [0.3, 0.4) is 0 Å². The number of rotatable bonds is 4. The Labute approximate surface area is 105 Å². The highest BCUT2D eigenvalue weighted by Gasteiger charge is 2.25. The minimum atomic E-state index is -4.14. The van der Waals surface area contributed by atoms with Crippen molar-refractivity contribution in [3.8, 4) is 0 Å². The third-order valence-electron chi connectivity index (χ3n) is 2.19. The van der Waals surface area contributed by atoms with Gasteiger partial charge < -0.3 is 10.3 Å². The van der Waals surface area contributed by atoms with Gasteiger partial charge in [-0.05, 0) is 18.0 Å². The molecule has 5 nitrogen and oxygen atoms in total. The van der Waals surface area contributed by atoms with Gasteiger partial charge >= 0.3 is 6.18 Å². The van der Waals surface area contributed by atoms with E-state index < -0.39 is 12.6 Å². The molecule has 0 aliphatic heterocycles. The highest BCUT2D eigenvalue weighted by molar-refractivity contribution is 6.28. The van der Waals surface area contributed by atoms with Crippen LogP contribution < -0.4 is 5.32 Å². The zero-order chi connectivity index (χ0) is 13.2. The molecule has 2 aromatic rings. The van der Waals surface area contributed by atoms with Crippen LogP contribution in [0.5, 0.6) is 0 Å². The van der Waals surface area contributed by atoms with Crippen molar-refractivity contribution in [3.63, 3.8) is 0 Å². The van der Waals surface area contributed by atoms with Crippen molar-refractivity contribution in [2.75, 3.05) is 11.9 Å². The summed E-state index contributed by atoms with van der Waals surface area (Å²) in [5.74, 6) is 0.352. The highest BCUT2D eigenvalue weighted by Crippen LogP contribution is 2.22. The summed E-state index contributed by atoms with van der Waals surface area (Å²) in [6.45, 7) is 0.140. The van der Waals surface area contributed by atoms with E-state index >= 15 is 0 Å². The third-order valence-corrected chi connectivity index (χ3v) is 2.36. The first-order valence-electron chi connectivity index (χ1n) is 5.13. The number of anilines is 1. The molecular weight excluding hydrogens is 271 g/mol. The molecule has 0 radical (unpaired) electrons. The first-order valence-corrected chi connectivity index (χ1v) is 5.51. The van der Waals surface area contributed by atoms with Gasteiger partial charge in [0, 0.05) is 13.0 Å². The minimum absolute atomic E-state index is 0.00655. The van der Waals surface area contributed by atoms with Crippen molar-refractivity contribution in [1.29, 1.82) is 0 Å². The zero-order valence-corrected chi connectivity index (χ0v) is 9.81. The van der Waals surface area contributed by atoms with E-state index in [9.17, 15) is 13.2 Å². The smallest absolute Gasteiger partial charge is 0.368 e. The number of H-pyrrole nitrogens is 1. The van der Waals surface area contributed by atoms with Gasteiger partial charge in [-0.1, -0.05) is 0 Å². The summed E-state index contributed by atoms with van der Waals surface area (Å²) in [6, 6.07) is 0. The molecule has 0 unspecified atom stereocenters. The maximum Gasteiger partial charge on any atom is 0.389 e. The number of fused-ring (bicyclic) bond motifs is 1. The summed E-state index contributed by atoms with van der Waals surface area (Å²) in [6.07, 6.45) is -3.61. The second-order valence-corrected chi connectivity index (χ2v) is 3.93. The van der Waals surface area contributed by atoms with E-state index in [0.29, 0.717) is 17.0 Å². The lowest BCUT2D eigenvalue weighted by Crippen LogP contribution is -2.11. The molecule has 18 heavy (non-hydrogen) atoms. The molecule has 2 rings (SSSR count). The minimum Gasteiger partial charge on any atom is -0.368 e. The normalized spacial score (nSPS) is 12.0. The number of aromatic nitrogens is 4. The number of nitrogens with one attached hydrogen (secondary N) is 2. The second-order valence-electron chi connectivity index (χ2n) is 3.59. The lowest BCUT2D eigenvalue weighted by Gasteiger charge is -2.08. The molecule has 0 atom stereocenters. The molecule has 2 aromatic heterocycles. The van der Waals surface area contributed by atoms with Crippen LogP contribution in [0, 0.1) is 0 Å². The summed E-state index contributed by atoms with van der Waals surface area (Å²) < 4.78 is 35.9. The molecule has 9 heteroatoms. The Kier molecular flexibility index (Phi) is 3.55. The summed E-state index contributed by atoms with van der Waals surface area (Å²) >= 11 is 5.67. The maximum absolute atomic E-state index is 12.0. The van der Waals surface area contributed by atoms with Gasteiger partial charge in [-0.2, -0.15) is 23.1 Å². The Morgan fingerprint density at radius 3 is 2.83 bits per heavy atom. The molecule has 0 spiro atoms. The average molecular weight is 280 g/mol. The van der Waals surface area contributed by atoms with E-state index in [4.69, 9.17) is 11.6 Å². The fourth-order valence-electron chi connectivity index (χ4n) is 1.43. The van der Waals surface area contributed by atoms with Crippen LogP contribution >= 0.6 is 11.6 Å². The molecule has 0 bridgehead atoms. The SMILES string of the molecule is FC(F)(F)CCCNc1nc(Cl)nc2nc[nH]c12. The van der Waals surface area contributed by atoms with E-state index in [-0.39, 0.29) is 18.2 Å². The quantitative estimate of drug-likeness (QED) is 0.667. The van der Waals surface area contributed by atoms with Crippen LogP contribution in [-0.4, -0.2) is 32.7 Å². The molecule has 0 amide bonds. The lowest BCUT2D eigenvalue weighted by molar-refractivity contribution is -0.134. The molecule has 2 N–H and O–H groups in total. The largest absolute Gasteiger partial charge is 0.389 e. The first-order chi connectivity index (χ1) is 8.46. The van der Waals surface area contributed by atoms with Crippen LogP contribution in [0.25, 0.3) is 11.2 Å². The summed E-state index contributed by atoms with van der Waals surface area (Å²) in [7, 11) is 0. The predicted molar refractivity (Wildman–Crippen MR) is 60.5 cm³/mol. The Morgan fingerprint density at radius 1 is 1.33 bits per heavy atom. The van der Waals surface area contributed by atoms with Crippen LogP contribution in [0.15, 0.2) is 6.33 Å². The van der Waals surface area contributed by atoms with E-state index in [0.717, 1.165) is 0 Å². The molecular formula is C9H9ClF3N5. The Balaban J connectivity index is 2.01. The van der Waals surface area contributed by atoms with Gasteiger partial charge in [-0.15, -0.1) is 0 Å². The number of halogens is 4. The van der Waals surface area contributed by atoms with Crippen molar-refractivity contribution in [3.05, 3.63) is 11.6 Å². The maximum atomic E-state index is 12.0. The number of aromatic amines is 1. The Hall–Kier alpha value is -1.57. The van der Waals surface area contributed by atoms with Gasteiger partial charge in [0.2, 0.25) is 5.28 Å². The van der Waals surface area contributed by atoms with Crippen LogP contribution in [0.2, 0.25) is 5.28 Å². The van der Waals surface area contributed by atoms with E-state index in [2.05, 4.69) is 25.3 Å². The predicted octanol–water partition coefficient (Wildman–Crippen LogP) is 2.76. The molecule has 2 heterocycles. The lowest BCUT2D eigenvalue weighted by atomic mass is 10.3. The van der Waals surface area contributed by atoms with Crippen molar-refractivity contribution in [2.24, 2.45) is 0 Å². The van der Waals surface area contributed by atoms with Crippen LogP contribution in [-0.2, 0) is 0 Å². The third kappa shape index (κ3) is 3.22. The number of hydrogen-bond donors (Lipinski definition) is 2. The molecule has 0 fully saturated rings. The van der Waals surface area contributed by atoms with E-state index in [1.807, 2.05) is 0 Å². The van der Waals surface area contributed by atoms with Crippen molar-refractivity contribution < 1.29 is 13.2 Å². The Morgan fingerprint density at radius 2 is 2.11 bits per heavy atom. The van der Waals surface area contributed by atoms with Crippen molar-refractivity contribution in [1.82, 2.24) is 19.9 Å². The summed E-state index contributed by atoms with van der Waals surface area (Å²) in [5, 5.41) is 2.77. The fraction of sp³-hybridized carbons (Fsp3) is 0.444. The monoisotopic (exact) mass is 279 g/mol. The van der Waals surface area contributed by atoms with Gasteiger partial charge in [-0.25, -0.2) is 4.98 Å². The molecule has 0 aromatic carbocycles. The van der Waals surface area contributed by atoms with Crippen LogP contribution in [0.1, 0.15) is 12.8 Å². The topological polar surface area (TPSA) is 66.5 Å². The number of alkyl halides is 3. The van der Waals surface area contributed by atoms with Gasteiger partial charge in [0.15, 0.2) is 11.5 Å².